The third-order valence-electron chi connectivity index (χ3n) is 5.37. The van der Waals surface area contributed by atoms with E-state index >= 15 is 0 Å². The Hall–Kier alpha value is -2.40. The van der Waals surface area contributed by atoms with Gasteiger partial charge in [-0.1, -0.05) is 6.07 Å². The average Bonchev–Trinajstić information content (AvgIpc) is 2.63. The second-order valence-corrected chi connectivity index (χ2v) is 6.81. The number of aromatic hydroxyl groups is 2. The SMILES string of the molecule is COc1cc(CC2CC3COC2c2cc(O)c(OC)cc23)ccc1O. The summed E-state index contributed by atoms with van der Waals surface area (Å²) in [6, 6.07) is 9.20. The van der Waals surface area contributed by atoms with E-state index in [1.165, 1.54) is 5.56 Å². The lowest BCUT2D eigenvalue weighted by molar-refractivity contribution is -0.0562. The standard InChI is InChI=1S/C20H22O5/c1-23-18-6-11(3-4-16(18)21)5-12-7-13-10-25-20(12)15-8-17(22)19(24-2)9-14(13)15/h3-4,6,8-9,12-13,20-22H,5,7,10H2,1-2H3. The fourth-order valence-corrected chi connectivity index (χ4v) is 4.18. The molecule has 3 atom stereocenters. The van der Waals surface area contributed by atoms with Crippen LogP contribution in [0.4, 0.5) is 0 Å². The number of phenolic OH excluding ortho intramolecular Hbond substituents is 2. The van der Waals surface area contributed by atoms with Crippen LogP contribution in [0.25, 0.3) is 0 Å². The largest absolute Gasteiger partial charge is 0.504 e. The molecule has 25 heavy (non-hydrogen) atoms. The van der Waals surface area contributed by atoms with Crippen molar-refractivity contribution in [3.05, 3.63) is 47.0 Å². The Morgan fingerprint density at radius 1 is 1.00 bits per heavy atom. The third-order valence-corrected chi connectivity index (χ3v) is 5.37. The molecule has 2 aromatic carbocycles. The number of hydrogen-bond donors (Lipinski definition) is 2. The maximum absolute atomic E-state index is 10.1. The zero-order chi connectivity index (χ0) is 17.6. The van der Waals surface area contributed by atoms with Gasteiger partial charge in [-0.15, -0.1) is 0 Å². The number of fused-ring (bicyclic) bond motifs is 2. The van der Waals surface area contributed by atoms with Crippen LogP contribution in [0.5, 0.6) is 23.0 Å². The van der Waals surface area contributed by atoms with Crippen molar-refractivity contribution < 1.29 is 24.4 Å². The number of ether oxygens (including phenoxy) is 3. The van der Waals surface area contributed by atoms with E-state index in [9.17, 15) is 10.2 Å². The van der Waals surface area contributed by atoms with Crippen molar-refractivity contribution in [3.63, 3.8) is 0 Å². The predicted molar refractivity (Wildman–Crippen MR) is 92.6 cm³/mol. The molecule has 5 nitrogen and oxygen atoms in total. The summed E-state index contributed by atoms with van der Waals surface area (Å²) in [5.74, 6) is 1.96. The summed E-state index contributed by atoms with van der Waals surface area (Å²) in [5, 5.41) is 19.9. The molecule has 2 aliphatic heterocycles. The molecule has 2 N–H and O–H groups in total. The first kappa shape index (κ1) is 16.1. The van der Waals surface area contributed by atoms with E-state index in [2.05, 4.69) is 0 Å². The first-order valence-corrected chi connectivity index (χ1v) is 8.49. The zero-order valence-electron chi connectivity index (χ0n) is 14.4. The summed E-state index contributed by atoms with van der Waals surface area (Å²) in [5.41, 5.74) is 3.40. The molecular weight excluding hydrogens is 320 g/mol. The lowest BCUT2D eigenvalue weighted by Crippen LogP contribution is -2.35. The molecule has 0 radical (unpaired) electrons. The highest BCUT2D eigenvalue weighted by atomic mass is 16.5. The van der Waals surface area contributed by atoms with Gasteiger partial charge < -0.3 is 24.4 Å². The summed E-state index contributed by atoms with van der Waals surface area (Å²) >= 11 is 0. The molecule has 5 rings (SSSR count). The van der Waals surface area contributed by atoms with Gasteiger partial charge in [-0.05, 0) is 59.7 Å². The normalized spacial score (nSPS) is 24.0. The minimum atomic E-state index is -0.0309. The van der Waals surface area contributed by atoms with Crippen LogP contribution in [0.3, 0.4) is 0 Å². The quantitative estimate of drug-likeness (QED) is 0.890. The Kier molecular flexibility index (Phi) is 3.96. The fourth-order valence-electron chi connectivity index (χ4n) is 4.18. The van der Waals surface area contributed by atoms with E-state index in [0.29, 0.717) is 29.9 Å². The van der Waals surface area contributed by atoms with Crippen molar-refractivity contribution in [1.82, 2.24) is 0 Å². The summed E-state index contributed by atoms with van der Waals surface area (Å²) < 4.78 is 16.5. The van der Waals surface area contributed by atoms with E-state index in [1.807, 2.05) is 18.2 Å². The van der Waals surface area contributed by atoms with Crippen LogP contribution in [-0.4, -0.2) is 31.0 Å². The van der Waals surface area contributed by atoms with Gasteiger partial charge in [-0.3, -0.25) is 0 Å². The number of hydrogen-bond acceptors (Lipinski definition) is 5. The van der Waals surface area contributed by atoms with Gasteiger partial charge in [-0.2, -0.15) is 0 Å². The molecular formula is C20H22O5. The van der Waals surface area contributed by atoms with Crippen LogP contribution in [0.15, 0.2) is 30.3 Å². The van der Waals surface area contributed by atoms with Gasteiger partial charge in [0, 0.05) is 5.92 Å². The van der Waals surface area contributed by atoms with Gasteiger partial charge in [0.05, 0.1) is 26.9 Å². The van der Waals surface area contributed by atoms with E-state index < -0.39 is 0 Å². The monoisotopic (exact) mass is 342 g/mol. The van der Waals surface area contributed by atoms with E-state index in [4.69, 9.17) is 14.2 Å². The highest BCUT2D eigenvalue weighted by Crippen LogP contribution is 2.52. The van der Waals surface area contributed by atoms with E-state index in [-0.39, 0.29) is 17.6 Å². The van der Waals surface area contributed by atoms with Crippen molar-refractivity contribution >= 4 is 0 Å². The summed E-state index contributed by atoms with van der Waals surface area (Å²) in [6.07, 6.45) is 1.84. The first-order chi connectivity index (χ1) is 12.1. The molecule has 2 heterocycles. The van der Waals surface area contributed by atoms with Crippen molar-refractivity contribution in [2.45, 2.75) is 24.9 Å². The first-order valence-electron chi connectivity index (χ1n) is 8.49. The number of benzene rings is 2. The molecule has 1 fully saturated rings. The van der Waals surface area contributed by atoms with Gasteiger partial charge in [-0.25, -0.2) is 0 Å². The third kappa shape index (κ3) is 2.68. The molecule has 2 bridgehead atoms. The Morgan fingerprint density at radius 2 is 1.76 bits per heavy atom. The van der Waals surface area contributed by atoms with Crippen molar-refractivity contribution in [1.29, 1.82) is 0 Å². The lowest BCUT2D eigenvalue weighted by Gasteiger charge is -2.44. The molecule has 132 valence electrons. The minimum Gasteiger partial charge on any atom is -0.504 e. The maximum atomic E-state index is 10.1. The van der Waals surface area contributed by atoms with Gasteiger partial charge >= 0.3 is 0 Å². The predicted octanol–water partition coefficient (Wildman–Crippen LogP) is 3.53. The van der Waals surface area contributed by atoms with Gasteiger partial charge in [0.15, 0.2) is 23.0 Å². The molecule has 5 heteroatoms. The second kappa shape index (κ2) is 6.15. The Balaban J connectivity index is 1.63. The second-order valence-electron chi connectivity index (χ2n) is 6.81. The smallest absolute Gasteiger partial charge is 0.160 e. The van der Waals surface area contributed by atoms with Gasteiger partial charge in [0.25, 0.3) is 0 Å². The molecule has 0 amide bonds. The molecule has 0 aromatic heterocycles. The molecule has 1 aliphatic carbocycles. The van der Waals surface area contributed by atoms with Crippen LogP contribution in [0, 0.1) is 5.92 Å². The van der Waals surface area contributed by atoms with Crippen molar-refractivity contribution in [2.24, 2.45) is 5.92 Å². The fraction of sp³-hybridized carbons (Fsp3) is 0.400. The average molecular weight is 342 g/mol. The number of rotatable bonds is 4. The number of methoxy groups -OCH3 is 2. The summed E-state index contributed by atoms with van der Waals surface area (Å²) in [7, 11) is 3.12. The Morgan fingerprint density at radius 3 is 2.52 bits per heavy atom. The molecule has 0 saturated carbocycles. The van der Waals surface area contributed by atoms with Crippen LogP contribution >= 0.6 is 0 Å². The zero-order valence-corrected chi connectivity index (χ0v) is 14.4. The highest BCUT2D eigenvalue weighted by Gasteiger charge is 2.41. The van der Waals surface area contributed by atoms with E-state index in [0.717, 1.165) is 24.0 Å². The molecule has 2 aromatic rings. The molecule has 3 unspecified atom stereocenters. The minimum absolute atomic E-state index is 0.0309. The van der Waals surface area contributed by atoms with E-state index in [1.54, 1.807) is 26.4 Å². The highest BCUT2D eigenvalue weighted by molar-refractivity contribution is 5.51. The Labute approximate surface area is 146 Å². The van der Waals surface area contributed by atoms with Crippen LogP contribution in [-0.2, 0) is 11.2 Å². The molecule has 3 aliphatic rings. The summed E-state index contributed by atoms with van der Waals surface area (Å²) in [4.78, 5) is 0. The number of phenols is 2. The molecule has 0 spiro atoms. The topological polar surface area (TPSA) is 68.2 Å². The lowest BCUT2D eigenvalue weighted by atomic mass is 9.71. The molecule has 1 saturated heterocycles. The van der Waals surface area contributed by atoms with Crippen LogP contribution < -0.4 is 9.47 Å². The van der Waals surface area contributed by atoms with Crippen LogP contribution in [0.2, 0.25) is 0 Å². The summed E-state index contributed by atoms with van der Waals surface area (Å²) in [6.45, 7) is 0.709. The van der Waals surface area contributed by atoms with Gasteiger partial charge in [0.2, 0.25) is 0 Å². The maximum Gasteiger partial charge on any atom is 0.160 e. The van der Waals surface area contributed by atoms with Crippen molar-refractivity contribution in [2.75, 3.05) is 20.8 Å². The van der Waals surface area contributed by atoms with Crippen molar-refractivity contribution in [3.8, 4) is 23.0 Å². The van der Waals surface area contributed by atoms with Gasteiger partial charge in [0.1, 0.15) is 0 Å². The Bertz CT molecular complexity index is 801. The van der Waals surface area contributed by atoms with Crippen LogP contribution in [0.1, 0.15) is 35.1 Å².